The lowest BCUT2D eigenvalue weighted by Crippen LogP contribution is -2.28. The van der Waals surface area contributed by atoms with Gasteiger partial charge in [-0.3, -0.25) is 0 Å². The Bertz CT molecular complexity index is 719. The highest BCUT2D eigenvalue weighted by molar-refractivity contribution is 7.89. The van der Waals surface area contributed by atoms with Gasteiger partial charge >= 0.3 is 0 Å². The fraction of sp³-hybridized carbons (Fsp3) is 0.154. The first-order chi connectivity index (χ1) is 9.42. The van der Waals surface area contributed by atoms with E-state index in [0.29, 0.717) is 11.3 Å². The maximum absolute atomic E-state index is 13.5. The van der Waals surface area contributed by atoms with Gasteiger partial charge in [0.15, 0.2) is 5.82 Å². The van der Waals surface area contributed by atoms with Gasteiger partial charge in [-0.15, -0.1) is 0 Å². The van der Waals surface area contributed by atoms with Crippen LogP contribution in [0.25, 0.3) is 0 Å². The molecule has 106 valence electrons. The monoisotopic (exact) mass is 295 g/mol. The number of benzene rings is 1. The number of hydrogen-bond donors (Lipinski definition) is 2. The Balaban J connectivity index is 2.30. The summed E-state index contributed by atoms with van der Waals surface area (Å²) in [5, 5.41) is -0.624. The quantitative estimate of drug-likeness (QED) is 0.843. The van der Waals surface area contributed by atoms with Crippen LogP contribution in [0.4, 0.5) is 10.1 Å². The molecule has 0 aliphatic heterocycles. The Morgan fingerprint density at radius 2 is 1.95 bits per heavy atom. The third-order valence-electron chi connectivity index (χ3n) is 2.77. The van der Waals surface area contributed by atoms with Gasteiger partial charge in [0, 0.05) is 17.9 Å². The van der Waals surface area contributed by atoms with E-state index in [1.807, 2.05) is 0 Å². The number of anilines is 1. The standard InChI is InChI=1S/C13H14FN3O2S/c1-9(10-5-2-3-7-12(10)15)17-20(18,19)13-11(14)6-4-8-16-13/h2-9,17H,15H2,1H3. The van der Waals surface area contributed by atoms with E-state index in [-0.39, 0.29) is 0 Å². The van der Waals surface area contributed by atoms with Crippen LogP contribution in [0.3, 0.4) is 0 Å². The molecule has 2 aromatic rings. The summed E-state index contributed by atoms with van der Waals surface area (Å²) in [6, 6.07) is 8.65. The topological polar surface area (TPSA) is 85.1 Å². The summed E-state index contributed by atoms with van der Waals surface area (Å²) in [6.45, 7) is 1.63. The third kappa shape index (κ3) is 2.94. The molecule has 1 aromatic carbocycles. The normalized spacial score (nSPS) is 13.1. The molecule has 1 unspecified atom stereocenters. The van der Waals surface area contributed by atoms with E-state index < -0.39 is 26.9 Å². The van der Waals surface area contributed by atoms with Gasteiger partial charge in [-0.05, 0) is 30.7 Å². The lowest BCUT2D eigenvalue weighted by molar-refractivity contribution is 0.536. The van der Waals surface area contributed by atoms with Crippen molar-refractivity contribution in [3.63, 3.8) is 0 Å². The summed E-state index contributed by atoms with van der Waals surface area (Å²) in [4.78, 5) is 3.56. The van der Waals surface area contributed by atoms with Gasteiger partial charge in [-0.1, -0.05) is 18.2 Å². The maximum atomic E-state index is 13.5. The molecule has 0 fully saturated rings. The van der Waals surface area contributed by atoms with E-state index in [0.717, 1.165) is 6.07 Å². The van der Waals surface area contributed by atoms with E-state index in [1.165, 1.54) is 12.3 Å². The first kappa shape index (κ1) is 14.4. The lowest BCUT2D eigenvalue weighted by Gasteiger charge is -2.16. The zero-order valence-electron chi connectivity index (χ0n) is 10.7. The number of aromatic nitrogens is 1. The van der Waals surface area contributed by atoms with E-state index in [4.69, 9.17) is 5.73 Å². The molecule has 5 nitrogen and oxygen atoms in total. The van der Waals surface area contributed by atoms with Crippen molar-refractivity contribution in [2.75, 3.05) is 5.73 Å². The molecule has 7 heteroatoms. The van der Waals surface area contributed by atoms with Crippen molar-refractivity contribution >= 4 is 15.7 Å². The van der Waals surface area contributed by atoms with Crippen LogP contribution in [0.2, 0.25) is 0 Å². The zero-order chi connectivity index (χ0) is 14.8. The van der Waals surface area contributed by atoms with Crippen molar-refractivity contribution in [1.82, 2.24) is 9.71 Å². The molecule has 2 rings (SSSR count). The Hall–Kier alpha value is -1.99. The molecule has 3 N–H and O–H groups in total. The molecule has 0 saturated heterocycles. The summed E-state index contributed by atoms with van der Waals surface area (Å²) in [7, 11) is -4.05. The van der Waals surface area contributed by atoms with Crippen LogP contribution in [0.1, 0.15) is 18.5 Å². The fourth-order valence-corrected chi connectivity index (χ4v) is 3.05. The molecule has 20 heavy (non-hydrogen) atoms. The second-order valence-electron chi connectivity index (χ2n) is 4.26. The second kappa shape index (κ2) is 5.56. The van der Waals surface area contributed by atoms with Crippen molar-refractivity contribution in [2.45, 2.75) is 18.0 Å². The summed E-state index contributed by atoms with van der Waals surface area (Å²) in [6.07, 6.45) is 1.22. The molecular formula is C13H14FN3O2S. The summed E-state index contributed by atoms with van der Waals surface area (Å²) < 4.78 is 40.1. The van der Waals surface area contributed by atoms with Crippen molar-refractivity contribution < 1.29 is 12.8 Å². The lowest BCUT2D eigenvalue weighted by atomic mass is 10.1. The number of hydrogen-bond acceptors (Lipinski definition) is 4. The molecule has 0 aliphatic carbocycles. The highest BCUT2D eigenvalue weighted by Gasteiger charge is 2.23. The first-order valence-corrected chi connectivity index (χ1v) is 7.37. The SMILES string of the molecule is CC(NS(=O)(=O)c1ncccc1F)c1ccccc1N. The number of pyridine rings is 1. The molecule has 0 amide bonds. The van der Waals surface area contributed by atoms with Gasteiger partial charge in [0.25, 0.3) is 10.0 Å². The molecule has 0 radical (unpaired) electrons. The second-order valence-corrected chi connectivity index (χ2v) is 5.89. The highest BCUT2D eigenvalue weighted by atomic mass is 32.2. The summed E-state index contributed by atoms with van der Waals surface area (Å²) in [5.41, 5.74) is 6.86. The number of halogens is 1. The maximum Gasteiger partial charge on any atom is 0.261 e. The molecule has 0 aliphatic rings. The molecule has 1 atom stereocenters. The Morgan fingerprint density at radius 3 is 2.60 bits per heavy atom. The highest BCUT2D eigenvalue weighted by Crippen LogP contribution is 2.21. The minimum atomic E-state index is -4.05. The molecule has 1 aromatic heterocycles. The Morgan fingerprint density at radius 1 is 1.25 bits per heavy atom. The van der Waals surface area contributed by atoms with Crippen LogP contribution in [0.15, 0.2) is 47.6 Å². The largest absolute Gasteiger partial charge is 0.398 e. The first-order valence-electron chi connectivity index (χ1n) is 5.89. The number of rotatable bonds is 4. The van der Waals surface area contributed by atoms with E-state index in [9.17, 15) is 12.8 Å². The van der Waals surface area contributed by atoms with Crippen LogP contribution in [0.5, 0.6) is 0 Å². The number of nitrogens with one attached hydrogen (secondary N) is 1. The van der Waals surface area contributed by atoms with Crippen LogP contribution in [-0.2, 0) is 10.0 Å². The number of sulfonamides is 1. The van der Waals surface area contributed by atoms with Gasteiger partial charge in [0.1, 0.15) is 0 Å². The summed E-state index contributed by atoms with van der Waals surface area (Å²) >= 11 is 0. The van der Waals surface area contributed by atoms with Crippen LogP contribution in [0, 0.1) is 5.82 Å². The van der Waals surface area contributed by atoms with Crippen molar-refractivity contribution in [1.29, 1.82) is 0 Å². The van der Waals surface area contributed by atoms with E-state index in [2.05, 4.69) is 9.71 Å². The predicted molar refractivity (Wildman–Crippen MR) is 73.8 cm³/mol. The molecule has 1 heterocycles. The van der Waals surface area contributed by atoms with Crippen molar-refractivity contribution in [2.24, 2.45) is 0 Å². The number of nitrogens with two attached hydrogens (primary N) is 1. The minimum absolute atomic E-state index is 0.462. The van der Waals surface area contributed by atoms with Crippen LogP contribution < -0.4 is 10.5 Å². The average molecular weight is 295 g/mol. The van der Waals surface area contributed by atoms with Gasteiger partial charge in [0.05, 0.1) is 0 Å². The zero-order valence-corrected chi connectivity index (χ0v) is 11.6. The van der Waals surface area contributed by atoms with E-state index in [1.54, 1.807) is 31.2 Å². The van der Waals surface area contributed by atoms with Gasteiger partial charge in [-0.2, -0.15) is 0 Å². The number of nitrogens with zero attached hydrogens (tertiary/aromatic N) is 1. The predicted octanol–water partition coefficient (Wildman–Crippen LogP) is 1.84. The minimum Gasteiger partial charge on any atom is -0.398 e. The average Bonchev–Trinajstić information content (AvgIpc) is 2.38. The molecule has 0 spiro atoms. The molecule has 0 bridgehead atoms. The van der Waals surface area contributed by atoms with Gasteiger partial charge < -0.3 is 5.73 Å². The number of nitrogen functional groups attached to an aromatic ring is 1. The van der Waals surface area contributed by atoms with Gasteiger partial charge in [0.2, 0.25) is 5.03 Å². The third-order valence-corrected chi connectivity index (χ3v) is 4.25. The van der Waals surface area contributed by atoms with Crippen molar-refractivity contribution in [3.05, 3.63) is 54.0 Å². The molecular weight excluding hydrogens is 281 g/mol. The Labute approximate surface area is 116 Å². The number of para-hydroxylation sites is 1. The van der Waals surface area contributed by atoms with Crippen LogP contribution in [-0.4, -0.2) is 13.4 Å². The molecule has 0 saturated carbocycles. The van der Waals surface area contributed by atoms with Gasteiger partial charge in [-0.25, -0.2) is 22.5 Å². The Kier molecular flexibility index (Phi) is 4.01. The van der Waals surface area contributed by atoms with Crippen molar-refractivity contribution in [3.8, 4) is 0 Å². The fourth-order valence-electron chi connectivity index (χ4n) is 1.83. The smallest absolute Gasteiger partial charge is 0.261 e. The van der Waals surface area contributed by atoms with Crippen LogP contribution >= 0.6 is 0 Å². The van der Waals surface area contributed by atoms with E-state index >= 15 is 0 Å². The summed E-state index contributed by atoms with van der Waals surface area (Å²) in [5.74, 6) is -0.895.